The highest BCUT2D eigenvalue weighted by Gasteiger charge is 2.25. The number of hydrogen-bond donors (Lipinski definition) is 0. The van der Waals surface area contributed by atoms with Gasteiger partial charge in [0, 0.05) is 45.8 Å². The number of esters is 1. The van der Waals surface area contributed by atoms with Crippen molar-refractivity contribution in [3.05, 3.63) is 0 Å². The summed E-state index contributed by atoms with van der Waals surface area (Å²) in [5.41, 5.74) is 0. The van der Waals surface area contributed by atoms with Crippen LogP contribution in [0.2, 0.25) is 0 Å². The zero-order chi connectivity index (χ0) is 15.1. The minimum Gasteiger partial charge on any atom is -0.469 e. The van der Waals surface area contributed by atoms with Gasteiger partial charge in [0.25, 0.3) is 0 Å². The van der Waals surface area contributed by atoms with Crippen LogP contribution in [-0.2, 0) is 9.53 Å². The summed E-state index contributed by atoms with van der Waals surface area (Å²) in [6.07, 6.45) is 5.17. The lowest BCUT2D eigenvalue weighted by Gasteiger charge is -2.37. The summed E-state index contributed by atoms with van der Waals surface area (Å²) in [4.78, 5) is 29.8. The van der Waals surface area contributed by atoms with Gasteiger partial charge in [-0.05, 0) is 12.8 Å². The zero-order valence-electron chi connectivity index (χ0n) is 13.1. The maximum absolute atomic E-state index is 12.5. The lowest BCUT2D eigenvalue weighted by atomic mass is 10.2. The van der Waals surface area contributed by atoms with Gasteiger partial charge in [-0.2, -0.15) is 0 Å². The molecule has 0 N–H and O–H groups in total. The summed E-state index contributed by atoms with van der Waals surface area (Å²) in [6.45, 7) is 5.74. The molecule has 0 atom stereocenters. The quantitative estimate of drug-likeness (QED) is 0.734. The molecule has 2 heterocycles. The molecule has 6 heteroatoms. The van der Waals surface area contributed by atoms with E-state index in [1.54, 1.807) is 0 Å². The molecule has 2 aliphatic heterocycles. The Kier molecular flexibility index (Phi) is 6.29. The Bertz CT molecular complexity index is 346. The first-order valence-electron chi connectivity index (χ1n) is 8.03. The molecular formula is C15H27N3O3. The fourth-order valence-electron chi connectivity index (χ4n) is 2.98. The van der Waals surface area contributed by atoms with Crippen molar-refractivity contribution in [3.8, 4) is 0 Å². The van der Waals surface area contributed by atoms with Crippen molar-refractivity contribution in [2.24, 2.45) is 0 Å². The van der Waals surface area contributed by atoms with Gasteiger partial charge in [-0.1, -0.05) is 12.8 Å². The number of methoxy groups -OCH3 is 1. The lowest BCUT2D eigenvalue weighted by Crippen LogP contribution is -2.53. The fraction of sp³-hybridized carbons (Fsp3) is 0.867. The van der Waals surface area contributed by atoms with Crippen LogP contribution in [0.1, 0.15) is 32.1 Å². The van der Waals surface area contributed by atoms with Crippen LogP contribution in [0.3, 0.4) is 0 Å². The van der Waals surface area contributed by atoms with Crippen molar-refractivity contribution in [2.75, 3.05) is 52.9 Å². The molecule has 0 aliphatic carbocycles. The number of carbonyl (C=O) groups excluding carboxylic acids is 2. The van der Waals surface area contributed by atoms with Gasteiger partial charge in [-0.3, -0.25) is 9.69 Å². The highest BCUT2D eigenvalue weighted by Crippen LogP contribution is 2.13. The average Bonchev–Trinajstić information content (AvgIpc) is 2.81. The van der Waals surface area contributed by atoms with Crippen molar-refractivity contribution in [1.29, 1.82) is 0 Å². The predicted octanol–water partition coefficient (Wildman–Crippen LogP) is 1.16. The third kappa shape index (κ3) is 4.88. The Labute approximate surface area is 127 Å². The van der Waals surface area contributed by atoms with E-state index >= 15 is 0 Å². The van der Waals surface area contributed by atoms with Gasteiger partial charge >= 0.3 is 12.0 Å². The Morgan fingerprint density at radius 2 is 1.43 bits per heavy atom. The minimum absolute atomic E-state index is 0.168. The van der Waals surface area contributed by atoms with Gasteiger partial charge in [0.15, 0.2) is 0 Å². The number of urea groups is 1. The van der Waals surface area contributed by atoms with Gasteiger partial charge in [-0.25, -0.2) is 4.79 Å². The highest BCUT2D eigenvalue weighted by molar-refractivity contribution is 5.74. The van der Waals surface area contributed by atoms with E-state index in [9.17, 15) is 9.59 Å². The van der Waals surface area contributed by atoms with Crippen LogP contribution in [0.5, 0.6) is 0 Å². The van der Waals surface area contributed by atoms with E-state index in [0.717, 1.165) is 58.7 Å². The maximum Gasteiger partial charge on any atom is 0.320 e. The molecule has 2 rings (SSSR count). The first kappa shape index (κ1) is 16.1. The lowest BCUT2D eigenvalue weighted by molar-refractivity contribution is -0.141. The summed E-state index contributed by atoms with van der Waals surface area (Å²) < 4.78 is 4.65. The molecule has 0 aromatic heterocycles. The Balaban J connectivity index is 1.72. The molecule has 2 saturated heterocycles. The summed E-state index contributed by atoms with van der Waals surface area (Å²) in [5.74, 6) is -0.168. The smallest absolute Gasteiger partial charge is 0.320 e. The van der Waals surface area contributed by atoms with Gasteiger partial charge in [0.1, 0.15) is 0 Å². The fourth-order valence-corrected chi connectivity index (χ4v) is 2.98. The molecule has 21 heavy (non-hydrogen) atoms. The third-order valence-corrected chi connectivity index (χ3v) is 4.38. The monoisotopic (exact) mass is 297 g/mol. The van der Waals surface area contributed by atoms with Gasteiger partial charge in [0.05, 0.1) is 13.5 Å². The molecule has 0 bridgehead atoms. The van der Waals surface area contributed by atoms with E-state index in [0.29, 0.717) is 6.42 Å². The highest BCUT2D eigenvalue weighted by atomic mass is 16.5. The molecule has 2 aliphatic rings. The maximum atomic E-state index is 12.5. The number of amides is 2. The van der Waals surface area contributed by atoms with Crippen molar-refractivity contribution in [1.82, 2.24) is 14.7 Å². The van der Waals surface area contributed by atoms with Crippen LogP contribution in [0.4, 0.5) is 4.79 Å². The van der Waals surface area contributed by atoms with Crippen LogP contribution in [0, 0.1) is 0 Å². The molecule has 120 valence electrons. The summed E-state index contributed by atoms with van der Waals surface area (Å²) in [6, 6.07) is 0.199. The molecule has 0 aromatic rings. The van der Waals surface area contributed by atoms with Gasteiger partial charge in [0.2, 0.25) is 0 Å². The summed E-state index contributed by atoms with van der Waals surface area (Å²) in [7, 11) is 1.42. The van der Waals surface area contributed by atoms with E-state index in [2.05, 4.69) is 9.64 Å². The largest absolute Gasteiger partial charge is 0.469 e. The molecule has 0 unspecified atom stereocenters. The van der Waals surface area contributed by atoms with Crippen molar-refractivity contribution in [3.63, 3.8) is 0 Å². The topological polar surface area (TPSA) is 53.1 Å². The number of piperazine rings is 1. The van der Waals surface area contributed by atoms with E-state index in [1.807, 2.05) is 9.80 Å². The predicted molar refractivity (Wildman–Crippen MR) is 80.1 cm³/mol. The van der Waals surface area contributed by atoms with Crippen LogP contribution < -0.4 is 0 Å². The van der Waals surface area contributed by atoms with Crippen molar-refractivity contribution in [2.45, 2.75) is 32.1 Å². The van der Waals surface area contributed by atoms with Crippen LogP contribution >= 0.6 is 0 Å². The van der Waals surface area contributed by atoms with Crippen LogP contribution in [0.15, 0.2) is 0 Å². The second-order valence-electron chi connectivity index (χ2n) is 5.84. The molecule has 0 spiro atoms. The van der Waals surface area contributed by atoms with E-state index in [1.165, 1.54) is 20.0 Å². The Hall–Kier alpha value is -1.30. The average molecular weight is 297 g/mol. The Morgan fingerprint density at radius 1 is 0.857 bits per heavy atom. The molecular weight excluding hydrogens is 270 g/mol. The normalized spacial score (nSPS) is 21.0. The Morgan fingerprint density at radius 3 is 2.00 bits per heavy atom. The molecule has 6 nitrogen and oxygen atoms in total. The van der Waals surface area contributed by atoms with Crippen LogP contribution in [-0.4, -0.2) is 79.6 Å². The van der Waals surface area contributed by atoms with E-state index < -0.39 is 0 Å². The standard InChI is InChI=1S/C15H27N3O3/c1-21-14(19)6-9-16-10-12-18(13-11-16)15(20)17-7-4-2-3-5-8-17/h2-13H2,1H3. The van der Waals surface area contributed by atoms with Gasteiger partial charge in [-0.15, -0.1) is 0 Å². The van der Waals surface area contributed by atoms with Crippen molar-refractivity contribution >= 4 is 12.0 Å². The number of rotatable bonds is 3. The number of nitrogens with zero attached hydrogens (tertiary/aromatic N) is 3. The van der Waals surface area contributed by atoms with Gasteiger partial charge < -0.3 is 14.5 Å². The number of ether oxygens (including phenoxy) is 1. The first-order chi connectivity index (χ1) is 10.2. The molecule has 2 amide bonds. The second kappa shape index (κ2) is 8.22. The zero-order valence-corrected chi connectivity index (χ0v) is 13.1. The third-order valence-electron chi connectivity index (χ3n) is 4.38. The number of hydrogen-bond acceptors (Lipinski definition) is 4. The molecule has 0 saturated carbocycles. The van der Waals surface area contributed by atoms with Crippen LogP contribution in [0.25, 0.3) is 0 Å². The molecule has 0 radical (unpaired) electrons. The SMILES string of the molecule is COC(=O)CCN1CCN(C(=O)N2CCCCCC2)CC1. The molecule has 2 fully saturated rings. The number of likely N-dealkylation sites (tertiary alicyclic amines) is 1. The van der Waals surface area contributed by atoms with Crippen molar-refractivity contribution < 1.29 is 14.3 Å². The summed E-state index contributed by atoms with van der Waals surface area (Å²) in [5, 5.41) is 0. The van der Waals surface area contributed by atoms with E-state index in [-0.39, 0.29) is 12.0 Å². The minimum atomic E-state index is -0.168. The second-order valence-corrected chi connectivity index (χ2v) is 5.84. The number of carbonyl (C=O) groups is 2. The molecule has 0 aromatic carbocycles. The first-order valence-corrected chi connectivity index (χ1v) is 8.03. The van der Waals surface area contributed by atoms with E-state index in [4.69, 9.17) is 0 Å². The summed E-state index contributed by atoms with van der Waals surface area (Å²) >= 11 is 0.